The quantitative estimate of drug-likeness (QED) is 0.600. The summed E-state index contributed by atoms with van der Waals surface area (Å²) < 4.78 is 20.1. The number of rotatable bonds is 3. The molecule has 0 amide bonds. The molecule has 4 rings (SSSR count). The molecule has 4 aliphatic carbocycles. The maximum Gasteiger partial charge on any atom is 0.364 e. The second-order valence-electron chi connectivity index (χ2n) is 9.77. The van der Waals surface area contributed by atoms with Gasteiger partial charge in [-0.05, 0) is 83.8 Å². The molecule has 6 atom stereocenters. The summed E-state index contributed by atoms with van der Waals surface area (Å²) in [7, 11) is 1.77. The molecule has 3 nitrogen and oxygen atoms in total. The van der Waals surface area contributed by atoms with Gasteiger partial charge in [0.15, 0.2) is 0 Å². The van der Waals surface area contributed by atoms with Crippen LogP contribution in [0.5, 0.6) is 0 Å². The molecule has 0 aromatic heterocycles. The normalized spacial score (nSPS) is 43.9. The first-order chi connectivity index (χ1) is 13.3. The Morgan fingerprint density at radius 2 is 2.07 bits per heavy atom. The van der Waals surface area contributed by atoms with Crippen molar-refractivity contribution in [2.45, 2.75) is 65.7 Å². The first-order valence-corrected chi connectivity index (χ1v) is 10.8. The van der Waals surface area contributed by atoms with Gasteiger partial charge in [0.1, 0.15) is 0 Å². The number of aliphatic carboxylic acids is 1. The van der Waals surface area contributed by atoms with E-state index in [1.165, 1.54) is 5.57 Å². The van der Waals surface area contributed by atoms with E-state index < -0.39 is 11.8 Å². The number of ether oxygens (including phenoxy) is 1. The van der Waals surface area contributed by atoms with E-state index in [9.17, 15) is 14.3 Å². The van der Waals surface area contributed by atoms with Crippen LogP contribution in [0, 0.1) is 34.5 Å². The number of carboxylic acid groups (broad SMARTS) is 1. The molecular weight excluding hydrogens is 355 g/mol. The second kappa shape index (κ2) is 6.74. The predicted octanol–water partition coefficient (Wildman–Crippen LogP) is 6.03. The van der Waals surface area contributed by atoms with Crippen LogP contribution in [0.15, 0.2) is 34.9 Å². The fraction of sp³-hybridized carbons (Fsp3) is 0.708. The minimum atomic E-state index is -1.40. The molecule has 0 aliphatic heterocycles. The lowest BCUT2D eigenvalue weighted by Crippen LogP contribution is -2.51. The minimum Gasteiger partial charge on any atom is -0.501 e. The van der Waals surface area contributed by atoms with Gasteiger partial charge in [0.25, 0.3) is 0 Å². The first-order valence-electron chi connectivity index (χ1n) is 10.8. The summed E-state index contributed by atoms with van der Waals surface area (Å²) in [6, 6.07) is 0. The van der Waals surface area contributed by atoms with Gasteiger partial charge in [-0.1, -0.05) is 33.3 Å². The highest BCUT2D eigenvalue weighted by atomic mass is 19.1. The Kier molecular flexibility index (Phi) is 4.75. The molecule has 0 aromatic carbocycles. The zero-order valence-corrected chi connectivity index (χ0v) is 17.6. The maximum absolute atomic E-state index is 14.5. The number of hydrogen-bond acceptors (Lipinski definition) is 2. The highest BCUT2D eigenvalue weighted by Gasteiger charge is 2.59. The SMILES string of the molecule is CC[C@H]1CC(OC)=CC2=CC[C@@H]3[C@H](CC[C@]4(C)C(=C(F)C(=O)O)CC[C@@H]34)[C@]21C. The van der Waals surface area contributed by atoms with Gasteiger partial charge in [0.2, 0.25) is 5.83 Å². The van der Waals surface area contributed by atoms with Crippen LogP contribution in [-0.2, 0) is 9.53 Å². The Balaban J connectivity index is 1.74. The van der Waals surface area contributed by atoms with E-state index in [1.807, 2.05) is 0 Å². The predicted molar refractivity (Wildman–Crippen MR) is 107 cm³/mol. The molecule has 2 saturated carbocycles. The van der Waals surface area contributed by atoms with E-state index in [1.54, 1.807) is 7.11 Å². The minimum absolute atomic E-state index is 0.138. The number of carboxylic acids is 1. The number of allylic oxidation sites excluding steroid dienone is 5. The second-order valence-corrected chi connectivity index (χ2v) is 9.77. The monoisotopic (exact) mass is 388 g/mol. The summed E-state index contributed by atoms with van der Waals surface area (Å²) in [5.41, 5.74) is 1.84. The lowest BCUT2D eigenvalue weighted by atomic mass is 9.46. The van der Waals surface area contributed by atoms with E-state index in [0.717, 1.165) is 44.3 Å². The average molecular weight is 389 g/mol. The highest BCUT2D eigenvalue weighted by Crippen LogP contribution is 2.67. The van der Waals surface area contributed by atoms with E-state index in [-0.39, 0.29) is 10.8 Å². The molecule has 0 heterocycles. The van der Waals surface area contributed by atoms with Crippen LogP contribution in [0.3, 0.4) is 0 Å². The standard InChI is InChI=1S/C24H33FO3/c1-5-14-12-16(28-4)13-15-6-7-17-18-8-9-20(21(25)22(26)27)23(18,2)11-10-19(17)24(14,15)3/h6,13-14,17-19H,5,7-12H2,1-4H3,(H,26,27)/t14-,17-,18-,19-,23-,24-/m0/s1. The number of halogens is 1. The van der Waals surface area contributed by atoms with Crippen molar-refractivity contribution in [1.82, 2.24) is 0 Å². The Bertz CT molecular complexity index is 779. The van der Waals surface area contributed by atoms with Crippen molar-refractivity contribution < 1.29 is 19.0 Å². The van der Waals surface area contributed by atoms with Crippen LogP contribution >= 0.6 is 0 Å². The zero-order valence-electron chi connectivity index (χ0n) is 17.6. The molecule has 0 radical (unpaired) electrons. The molecule has 0 bridgehead atoms. The van der Waals surface area contributed by atoms with Gasteiger partial charge in [-0.3, -0.25) is 0 Å². The smallest absolute Gasteiger partial charge is 0.364 e. The topological polar surface area (TPSA) is 46.5 Å². The van der Waals surface area contributed by atoms with Gasteiger partial charge in [0.05, 0.1) is 12.9 Å². The molecular formula is C24H33FO3. The zero-order chi connectivity index (χ0) is 20.3. The summed E-state index contributed by atoms with van der Waals surface area (Å²) in [6.45, 7) is 6.85. The molecule has 2 fully saturated rings. The Labute approximate surface area is 167 Å². The van der Waals surface area contributed by atoms with Crippen molar-refractivity contribution in [3.8, 4) is 0 Å². The lowest BCUT2D eigenvalue weighted by Gasteiger charge is -2.58. The van der Waals surface area contributed by atoms with Crippen LogP contribution in [-0.4, -0.2) is 18.2 Å². The highest BCUT2D eigenvalue weighted by molar-refractivity contribution is 5.85. The Morgan fingerprint density at radius 3 is 2.71 bits per heavy atom. The van der Waals surface area contributed by atoms with Crippen molar-refractivity contribution >= 4 is 5.97 Å². The van der Waals surface area contributed by atoms with E-state index in [2.05, 4.69) is 32.9 Å². The Morgan fingerprint density at radius 1 is 1.32 bits per heavy atom. The summed E-state index contributed by atoms with van der Waals surface area (Å²) in [4.78, 5) is 11.3. The summed E-state index contributed by atoms with van der Waals surface area (Å²) in [6.07, 6.45) is 11.3. The average Bonchev–Trinajstić information content (AvgIpc) is 3.03. The van der Waals surface area contributed by atoms with Crippen molar-refractivity contribution in [1.29, 1.82) is 0 Å². The lowest BCUT2D eigenvalue weighted by molar-refractivity contribution is -0.134. The van der Waals surface area contributed by atoms with Crippen LogP contribution in [0.1, 0.15) is 65.7 Å². The van der Waals surface area contributed by atoms with Crippen LogP contribution in [0.25, 0.3) is 0 Å². The largest absolute Gasteiger partial charge is 0.501 e. The summed E-state index contributed by atoms with van der Waals surface area (Å²) in [5.74, 6) is 0.833. The van der Waals surface area contributed by atoms with Gasteiger partial charge in [-0.15, -0.1) is 0 Å². The summed E-state index contributed by atoms with van der Waals surface area (Å²) in [5, 5.41) is 9.23. The fourth-order valence-corrected chi connectivity index (χ4v) is 7.51. The molecule has 0 aromatic rings. The Hall–Kier alpha value is -1.58. The van der Waals surface area contributed by atoms with Crippen LogP contribution < -0.4 is 0 Å². The van der Waals surface area contributed by atoms with Gasteiger partial charge in [-0.25, -0.2) is 4.79 Å². The first kappa shape index (κ1) is 19.7. The molecule has 1 N–H and O–H groups in total. The molecule has 4 heteroatoms. The number of methoxy groups -OCH3 is 1. The maximum atomic E-state index is 14.5. The summed E-state index contributed by atoms with van der Waals surface area (Å²) >= 11 is 0. The van der Waals surface area contributed by atoms with E-state index in [0.29, 0.717) is 35.7 Å². The molecule has 154 valence electrons. The van der Waals surface area contributed by atoms with Crippen molar-refractivity contribution in [3.05, 3.63) is 34.9 Å². The van der Waals surface area contributed by atoms with E-state index in [4.69, 9.17) is 4.74 Å². The number of carbonyl (C=O) groups is 1. The number of hydrogen-bond donors (Lipinski definition) is 1. The molecule has 4 aliphatic rings. The van der Waals surface area contributed by atoms with Crippen molar-refractivity contribution in [2.24, 2.45) is 34.5 Å². The van der Waals surface area contributed by atoms with Gasteiger partial charge in [-0.2, -0.15) is 4.39 Å². The third kappa shape index (κ3) is 2.55. The fourth-order valence-electron chi connectivity index (χ4n) is 7.51. The number of fused-ring (bicyclic) bond motifs is 5. The van der Waals surface area contributed by atoms with E-state index >= 15 is 0 Å². The molecule has 0 unspecified atom stereocenters. The van der Waals surface area contributed by atoms with Gasteiger partial charge in [0, 0.05) is 6.42 Å². The molecule has 0 saturated heterocycles. The third-order valence-electron chi connectivity index (χ3n) is 9.04. The van der Waals surface area contributed by atoms with Gasteiger partial charge < -0.3 is 9.84 Å². The molecule has 28 heavy (non-hydrogen) atoms. The van der Waals surface area contributed by atoms with Crippen LogP contribution in [0.2, 0.25) is 0 Å². The third-order valence-corrected chi connectivity index (χ3v) is 9.04. The molecule has 0 spiro atoms. The van der Waals surface area contributed by atoms with Gasteiger partial charge >= 0.3 is 5.97 Å². The van der Waals surface area contributed by atoms with Crippen LogP contribution in [0.4, 0.5) is 4.39 Å². The van der Waals surface area contributed by atoms with Crippen molar-refractivity contribution in [3.63, 3.8) is 0 Å². The van der Waals surface area contributed by atoms with Crippen molar-refractivity contribution in [2.75, 3.05) is 7.11 Å².